The number of carbonyl (C=O) groups is 1. The lowest BCUT2D eigenvalue weighted by Gasteiger charge is -2.23. The molecule has 3 rings (SSSR count). The van der Waals surface area contributed by atoms with Crippen molar-refractivity contribution in [1.82, 2.24) is 5.32 Å². The van der Waals surface area contributed by atoms with Crippen molar-refractivity contribution in [2.75, 3.05) is 25.0 Å². The van der Waals surface area contributed by atoms with Crippen molar-refractivity contribution in [2.45, 2.75) is 25.2 Å². The van der Waals surface area contributed by atoms with Gasteiger partial charge in [0.05, 0.1) is 6.42 Å². The maximum absolute atomic E-state index is 11.6. The second-order valence-corrected chi connectivity index (χ2v) is 5.04. The summed E-state index contributed by atoms with van der Waals surface area (Å²) in [6, 6.07) is 6.55. The summed E-state index contributed by atoms with van der Waals surface area (Å²) in [7, 11) is 1.86. The molecule has 1 amide bonds. The molecule has 17 heavy (non-hydrogen) atoms. The van der Waals surface area contributed by atoms with Crippen LogP contribution in [0.1, 0.15) is 29.9 Å². The Labute approximate surface area is 102 Å². The molecule has 0 spiro atoms. The Morgan fingerprint density at radius 2 is 2.06 bits per heavy atom. The molecule has 0 atom stereocenters. The van der Waals surface area contributed by atoms with E-state index in [4.69, 9.17) is 0 Å². The molecule has 0 saturated carbocycles. The molecule has 3 nitrogen and oxygen atoms in total. The Bertz CT molecular complexity index is 450. The lowest BCUT2D eigenvalue weighted by atomic mass is 9.89. The normalized spacial score (nSPS) is 20.8. The Kier molecular flexibility index (Phi) is 2.63. The zero-order valence-electron chi connectivity index (χ0n) is 10.2. The van der Waals surface area contributed by atoms with E-state index in [-0.39, 0.29) is 5.91 Å². The number of carbonyl (C=O) groups excluding carboxylic acids is 1. The molecule has 90 valence electrons. The van der Waals surface area contributed by atoms with Gasteiger partial charge in [0.1, 0.15) is 0 Å². The van der Waals surface area contributed by atoms with E-state index in [2.05, 4.69) is 23.5 Å². The fourth-order valence-electron chi connectivity index (χ4n) is 2.90. The van der Waals surface area contributed by atoms with Gasteiger partial charge in [-0.25, -0.2) is 0 Å². The van der Waals surface area contributed by atoms with Crippen LogP contribution in [-0.2, 0) is 11.2 Å². The topological polar surface area (TPSA) is 32.3 Å². The number of nitrogens with zero attached hydrogens (tertiary/aromatic N) is 1. The number of anilines is 1. The molecule has 0 aliphatic carbocycles. The van der Waals surface area contributed by atoms with E-state index in [1.54, 1.807) is 4.90 Å². The van der Waals surface area contributed by atoms with Crippen LogP contribution in [-0.4, -0.2) is 26.0 Å². The number of likely N-dealkylation sites (N-methyl/N-ethyl adjacent to an activating group) is 1. The van der Waals surface area contributed by atoms with E-state index in [9.17, 15) is 4.79 Å². The molecule has 1 aromatic carbocycles. The summed E-state index contributed by atoms with van der Waals surface area (Å²) >= 11 is 0. The third-order valence-corrected chi connectivity index (χ3v) is 3.99. The number of piperidine rings is 1. The monoisotopic (exact) mass is 230 g/mol. The predicted molar refractivity (Wildman–Crippen MR) is 68.4 cm³/mol. The molecule has 1 saturated heterocycles. The largest absolute Gasteiger partial charge is 0.317 e. The van der Waals surface area contributed by atoms with Crippen molar-refractivity contribution in [2.24, 2.45) is 0 Å². The average molecular weight is 230 g/mol. The molecule has 3 heteroatoms. The van der Waals surface area contributed by atoms with Crippen LogP contribution < -0.4 is 10.2 Å². The van der Waals surface area contributed by atoms with Gasteiger partial charge in [-0.15, -0.1) is 0 Å². The first kappa shape index (κ1) is 10.8. The summed E-state index contributed by atoms with van der Waals surface area (Å²) in [5, 5.41) is 3.39. The highest BCUT2D eigenvalue weighted by Crippen LogP contribution is 2.33. The molecule has 2 aliphatic rings. The lowest BCUT2D eigenvalue weighted by molar-refractivity contribution is -0.117. The quantitative estimate of drug-likeness (QED) is 0.796. The molecular formula is C14H18N2O. The van der Waals surface area contributed by atoms with Crippen LogP contribution in [0.25, 0.3) is 0 Å². The van der Waals surface area contributed by atoms with Crippen molar-refractivity contribution >= 4 is 11.6 Å². The van der Waals surface area contributed by atoms with Gasteiger partial charge in [-0.1, -0.05) is 12.1 Å². The smallest absolute Gasteiger partial charge is 0.231 e. The van der Waals surface area contributed by atoms with Crippen molar-refractivity contribution in [1.29, 1.82) is 0 Å². The Morgan fingerprint density at radius 3 is 2.82 bits per heavy atom. The van der Waals surface area contributed by atoms with Gasteiger partial charge >= 0.3 is 0 Å². The van der Waals surface area contributed by atoms with Gasteiger partial charge in [0, 0.05) is 12.7 Å². The molecule has 0 radical (unpaired) electrons. The van der Waals surface area contributed by atoms with Gasteiger partial charge < -0.3 is 10.2 Å². The van der Waals surface area contributed by atoms with E-state index < -0.39 is 0 Å². The molecule has 1 N–H and O–H groups in total. The number of fused-ring (bicyclic) bond motifs is 1. The molecule has 1 fully saturated rings. The molecule has 1 aromatic rings. The molecule has 0 aromatic heterocycles. The maximum atomic E-state index is 11.6. The molecule has 0 bridgehead atoms. The fraction of sp³-hybridized carbons (Fsp3) is 0.500. The van der Waals surface area contributed by atoms with Crippen LogP contribution >= 0.6 is 0 Å². The van der Waals surface area contributed by atoms with Crippen LogP contribution in [0.5, 0.6) is 0 Å². The van der Waals surface area contributed by atoms with Crippen LogP contribution in [0.3, 0.4) is 0 Å². The summed E-state index contributed by atoms with van der Waals surface area (Å²) < 4.78 is 0. The van der Waals surface area contributed by atoms with Crippen LogP contribution in [0, 0.1) is 0 Å². The highest BCUT2D eigenvalue weighted by Gasteiger charge is 2.25. The zero-order chi connectivity index (χ0) is 11.8. The van der Waals surface area contributed by atoms with Crippen LogP contribution in [0.4, 0.5) is 5.69 Å². The number of nitrogens with one attached hydrogen (secondary N) is 1. The third kappa shape index (κ3) is 1.84. The summed E-state index contributed by atoms with van der Waals surface area (Å²) in [5.41, 5.74) is 3.70. The van der Waals surface area contributed by atoms with Crippen LogP contribution in [0.15, 0.2) is 18.2 Å². The van der Waals surface area contributed by atoms with Gasteiger partial charge in [0.25, 0.3) is 0 Å². The first-order chi connectivity index (χ1) is 8.25. The minimum Gasteiger partial charge on any atom is -0.317 e. The Balaban J connectivity index is 1.89. The maximum Gasteiger partial charge on any atom is 0.231 e. The van der Waals surface area contributed by atoms with Crippen molar-refractivity contribution in [3.8, 4) is 0 Å². The zero-order valence-corrected chi connectivity index (χ0v) is 10.2. The van der Waals surface area contributed by atoms with Crippen molar-refractivity contribution in [3.05, 3.63) is 29.3 Å². The SMILES string of the molecule is CN1C(=O)Cc2cc(C3CCNCC3)ccc21. The summed E-state index contributed by atoms with van der Waals surface area (Å²) in [5.74, 6) is 0.880. The summed E-state index contributed by atoms with van der Waals surface area (Å²) in [4.78, 5) is 13.4. The Morgan fingerprint density at radius 1 is 1.29 bits per heavy atom. The first-order valence-electron chi connectivity index (χ1n) is 6.36. The van der Waals surface area contributed by atoms with E-state index in [0.29, 0.717) is 12.3 Å². The van der Waals surface area contributed by atoms with Gasteiger partial charge in [0.2, 0.25) is 5.91 Å². The van der Waals surface area contributed by atoms with E-state index in [0.717, 1.165) is 18.8 Å². The summed E-state index contributed by atoms with van der Waals surface area (Å²) in [6.07, 6.45) is 3.00. The van der Waals surface area contributed by atoms with E-state index in [1.165, 1.54) is 24.0 Å². The molecule has 0 unspecified atom stereocenters. The molecule has 2 heterocycles. The fourth-order valence-corrected chi connectivity index (χ4v) is 2.90. The predicted octanol–water partition coefficient (Wildman–Crippen LogP) is 1.67. The minimum absolute atomic E-state index is 0.211. The van der Waals surface area contributed by atoms with Gasteiger partial charge in [-0.05, 0) is 49.0 Å². The average Bonchev–Trinajstić information content (AvgIpc) is 2.66. The Hall–Kier alpha value is -1.35. The third-order valence-electron chi connectivity index (χ3n) is 3.99. The number of benzene rings is 1. The van der Waals surface area contributed by atoms with Gasteiger partial charge in [-0.3, -0.25) is 4.79 Å². The van der Waals surface area contributed by atoms with E-state index in [1.807, 2.05) is 7.05 Å². The summed E-state index contributed by atoms with van der Waals surface area (Å²) in [6.45, 7) is 2.22. The number of amides is 1. The van der Waals surface area contributed by atoms with Gasteiger partial charge in [-0.2, -0.15) is 0 Å². The van der Waals surface area contributed by atoms with Crippen LogP contribution in [0.2, 0.25) is 0 Å². The molecule has 2 aliphatic heterocycles. The van der Waals surface area contributed by atoms with E-state index >= 15 is 0 Å². The van der Waals surface area contributed by atoms with Crippen molar-refractivity contribution < 1.29 is 4.79 Å². The second kappa shape index (κ2) is 4.15. The number of rotatable bonds is 1. The van der Waals surface area contributed by atoms with Crippen molar-refractivity contribution in [3.63, 3.8) is 0 Å². The lowest BCUT2D eigenvalue weighted by Crippen LogP contribution is -2.26. The number of hydrogen-bond donors (Lipinski definition) is 1. The standard InChI is InChI=1S/C14H18N2O/c1-16-13-3-2-11(8-12(13)9-14(16)17)10-4-6-15-7-5-10/h2-3,8,10,15H,4-7,9H2,1H3. The van der Waals surface area contributed by atoms with Gasteiger partial charge in [0.15, 0.2) is 0 Å². The molecular weight excluding hydrogens is 212 g/mol. The highest BCUT2D eigenvalue weighted by atomic mass is 16.2. The second-order valence-electron chi connectivity index (χ2n) is 5.04. The number of hydrogen-bond acceptors (Lipinski definition) is 2. The highest BCUT2D eigenvalue weighted by molar-refractivity contribution is 6.00. The minimum atomic E-state index is 0.211. The first-order valence-corrected chi connectivity index (χ1v) is 6.36.